The summed E-state index contributed by atoms with van der Waals surface area (Å²) in [6.45, 7) is 26.3. The summed E-state index contributed by atoms with van der Waals surface area (Å²) in [5, 5.41) is 0. The average Bonchev–Trinajstić information content (AvgIpc) is 2.64. The number of benzene rings is 2. The van der Waals surface area contributed by atoms with Crippen LogP contribution < -0.4 is 9.05 Å². The molecule has 5 heteroatoms. The van der Waals surface area contributed by atoms with Gasteiger partial charge in [0.2, 0.25) is 0 Å². The van der Waals surface area contributed by atoms with Gasteiger partial charge in [-0.15, -0.1) is 0 Å². The van der Waals surface area contributed by atoms with E-state index in [-0.39, 0.29) is 21.7 Å². The Labute approximate surface area is 208 Å². The Balaban J connectivity index is 2.44. The van der Waals surface area contributed by atoms with Crippen molar-refractivity contribution in [3.05, 3.63) is 58.7 Å². The fourth-order valence-corrected chi connectivity index (χ4v) is 4.43. The second-order valence-corrected chi connectivity index (χ2v) is 14.3. The molecule has 0 amide bonds. The van der Waals surface area contributed by atoms with Crippen LogP contribution in [0.25, 0.3) is 0 Å². The van der Waals surface area contributed by atoms with Gasteiger partial charge in [0.1, 0.15) is 11.5 Å². The van der Waals surface area contributed by atoms with E-state index in [1.54, 1.807) is 0 Å². The number of hydrogen-bond donors (Lipinski definition) is 0. The first-order valence-electron chi connectivity index (χ1n) is 11.6. The second-order valence-electron chi connectivity index (χ2n) is 12.9. The maximum atomic E-state index is 6.25. The molecule has 0 aliphatic heterocycles. The van der Waals surface area contributed by atoms with Crippen LogP contribution in [0.3, 0.4) is 0 Å². The molecule has 2 rings (SSSR count). The summed E-state index contributed by atoms with van der Waals surface area (Å²) < 4.78 is 17.7. The first-order chi connectivity index (χ1) is 14.8. The molecule has 0 saturated heterocycles. The smallest absolute Gasteiger partial charge is 0.417 e. The molecule has 3 nitrogen and oxygen atoms in total. The Morgan fingerprint density at radius 1 is 0.545 bits per heavy atom. The van der Waals surface area contributed by atoms with Crippen LogP contribution in [0.1, 0.15) is 105 Å². The minimum Gasteiger partial charge on any atom is -0.417 e. The monoisotopic (exact) mass is 492 g/mol. The first kappa shape index (κ1) is 28.0. The number of rotatable bonds is 5. The van der Waals surface area contributed by atoms with Crippen LogP contribution in [-0.2, 0) is 25.7 Å². The summed E-state index contributed by atoms with van der Waals surface area (Å²) in [6.07, 6.45) is 0. The molecule has 0 aliphatic rings. The maximum Gasteiger partial charge on any atom is 0.481 e. The van der Waals surface area contributed by atoms with Crippen LogP contribution in [-0.4, -0.2) is 0 Å². The molecule has 0 unspecified atom stereocenters. The molecule has 0 aliphatic carbocycles. The lowest BCUT2D eigenvalue weighted by atomic mass is 9.80. The largest absolute Gasteiger partial charge is 0.481 e. The third-order valence-electron chi connectivity index (χ3n) is 5.71. The highest BCUT2D eigenvalue weighted by atomic mass is 35.5. The minimum atomic E-state index is -1.85. The van der Waals surface area contributed by atoms with Crippen LogP contribution in [0.5, 0.6) is 11.5 Å². The van der Waals surface area contributed by atoms with Crippen molar-refractivity contribution in [2.45, 2.75) is 105 Å². The minimum absolute atomic E-state index is 0.0408. The molecule has 33 heavy (non-hydrogen) atoms. The van der Waals surface area contributed by atoms with Gasteiger partial charge < -0.3 is 9.05 Å². The first-order valence-corrected chi connectivity index (χ1v) is 13.0. The van der Waals surface area contributed by atoms with Gasteiger partial charge in [0.05, 0.1) is 11.9 Å². The van der Waals surface area contributed by atoms with E-state index in [1.165, 1.54) is 11.1 Å². The quantitative estimate of drug-likeness (QED) is 0.388. The Bertz CT molecular complexity index is 880. The van der Waals surface area contributed by atoms with E-state index in [1.807, 2.05) is 12.1 Å². The summed E-state index contributed by atoms with van der Waals surface area (Å²) in [5.74, 6) is 1.46. The highest BCUT2D eigenvalue weighted by Gasteiger charge is 2.29. The molecular formula is C28H42ClO3P. The molecule has 0 fully saturated rings. The van der Waals surface area contributed by atoms with Gasteiger partial charge in [0.25, 0.3) is 0 Å². The normalized spacial score (nSPS) is 13.4. The molecule has 0 spiro atoms. The number of hydrogen-bond acceptors (Lipinski definition) is 3. The van der Waals surface area contributed by atoms with Crippen LogP contribution in [0.15, 0.2) is 36.4 Å². The van der Waals surface area contributed by atoms with Crippen molar-refractivity contribution in [1.29, 1.82) is 0 Å². The van der Waals surface area contributed by atoms with Gasteiger partial charge >= 0.3 is 8.60 Å². The fraction of sp³-hybridized carbons (Fsp3) is 0.571. The van der Waals surface area contributed by atoms with Crippen LogP contribution in [0.4, 0.5) is 0 Å². The highest BCUT2D eigenvalue weighted by molar-refractivity contribution is 7.43. The number of halogens is 1. The molecule has 0 atom stereocenters. The molecule has 184 valence electrons. The van der Waals surface area contributed by atoms with Crippen LogP contribution >= 0.6 is 20.5 Å². The molecule has 2 aromatic rings. The summed E-state index contributed by atoms with van der Waals surface area (Å²) in [5.41, 5.74) is 4.55. The molecule has 0 saturated carbocycles. The predicted molar refractivity (Wildman–Crippen MR) is 143 cm³/mol. The van der Waals surface area contributed by atoms with Crippen molar-refractivity contribution in [2.24, 2.45) is 0 Å². The topological polar surface area (TPSA) is 27.7 Å². The zero-order chi connectivity index (χ0) is 25.4. The molecule has 0 bridgehead atoms. The van der Waals surface area contributed by atoms with E-state index in [9.17, 15) is 0 Å². The van der Waals surface area contributed by atoms with E-state index < -0.39 is 8.60 Å². The van der Waals surface area contributed by atoms with Gasteiger partial charge in [0.15, 0.2) is 0 Å². The maximum absolute atomic E-state index is 6.25. The van der Waals surface area contributed by atoms with Crippen LogP contribution in [0, 0.1) is 0 Å². The second kappa shape index (κ2) is 9.76. The molecule has 0 aromatic heterocycles. The average molecular weight is 493 g/mol. The fourth-order valence-electron chi connectivity index (χ4n) is 3.53. The molecular weight excluding hydrogens is 451 g/mol. The zero-order valence-electron chi connectivity index (χ0n) is 22.5. The van der Waals surface area contributed by atoms with Gasteiger partial charge in [-0.2, -0.15) is 4.08 Å². The SMILES string of the molecule is CC(C)(C)c1ccc(OP(OCl)Oc2ccc(C(C)(C)C)cc2C(C)(C)C)c(C(C)(C)C)c1. The summed E-state index contributed by atoms with van der Waals surface area (Å²) in [7, 11) is -1.85. The van der Waals surface area contributed by atoms with E-state index in [4.69, 9.17) is 25.0 Å². The Morgan fingerprint density at radius 3 is 1.12 bits per heavy atom. The third kappa shape index (κ3) is 7.35. The Morgan fingerprint density at radius 2 is 0.879 bits per heavy atom. The lowest BCUT2D eigenvalue weighted by Gasteiger charge is -2.29. The summed E-state index contributed by atoms with van der Waals surface area (Å²) in [6, 6.07) is 12.6. The van der Waals surface area contributed by atoms with E-state index in [0.717, 1.165) is 22.6 Å². The Hall–Kier alpha value is -1.28. The van der Waals surface area contributed by atoms with Crippen molar-refractivity contribution in [2.75, 3.05) is 0 Å². The summed E-state index contributed by atoms with van der Waals surface area (Å²) in [4.78, 5) is 0. The highest BCUT2D eigenvalue weighted by Crippen LogP contribution is 2.48. The third-order valence-corrected chi connectivity index (χ3v) is 6.85. The summed E-state index contributed by atoms with van der Waals surface area (Å²) >= 11 is 5.89. The standard InChI is InChI=1S/C28H42ClO3P/c1-25(2,3)19-13-15-23(21(17-19)27(7,8)9)30-33(32-29)31-24-16-14-20(26(4,5)6)18-22(24)28(10,11)12/h13-18H,1-12H3. The lowest BCUT2D eigenvalue weighted by Crippen LogP contribution is -2.18. The van der Waals surface area contributed by atoms with Gasteiger partial charge in [-0.3, -0.25) is 0 Å². The van der Waals surface area contributed by atoms with Gasteiger partial charge in [-0.25, -0.2) is 0 Å². The van der Waals surface area contributed by atoms with Crippen molar-refractivity contribution in [1.82, 2.24) is 0 Å². The zero-order valence-corrected chi connectivity index (χ0v) is 24.2. The predicted octanol–water partition coefficient (Wildman–Crippen LogP) is 9.73. The van der Waals surface area contributed by atoms with Gasteiger partial charge in [-0.1, -0.05) is 107 Å². The van der Waals surface area contributed by atoms with Crippen molar-refractivity contribution >= 4 is 20.5 Å². The van der Waals surface area contributed by atoms with Crippen LogP contribution in [0.2, 0.25) is 0 Å². The van der Waals surface area contributed by atoms with E-state index in [2.05, 4.69) is 107 Å². The lowest BCUT2D eigenvalue weighted by molar-refractivity contribution is 0.389. The van der Waals surface area contributed by atoms with Crippen molar-refractivity contribution in [3.8, 4) is 11.5 Å². The van der Waals surface area contributed by atoms with Gasteiger partial charge in [-0.05, 0) is 44.9 Å². The Kier molecular flexibility index (Phi) is 8.27. The molecule has 0 N–H and O–H groups in total. The van der Waals surface area contributed by atoms with Gasteiger partial charge in [0, 0.05) is 11.1 Å². The van der Waals surface area contributed by atoms with Crippen molar-refractivity contribution in [3.63, 3.8) is 0 Å². The molecule has 0 radical (unpaired) electrons. The van der Waals surface area contributed by atoms with E-state index >= 15 is 0 Å². The van der Waals surface area contributed by atoms with E-state index in [0.29, 0.717) is 0 Å². The molecule has 0 heterocycles. The van der Waals surface area contributed by atoms with Crippen molar-refractivity contribution < 1.29 is 13.1 Å². The molecule has 2 aromatic carbocycles.